The maximum atomic E-state index is 13.2. The predicted molar refractivity (Wildman–Crippen MR) is 102 cm³/mol. The number of para-hydroxylation sites is 1. The van der Waals surface area contributed by atoms with Crippen LogP contribution in [0.25, 0.3) is 0 Å². The number of anilines is 1. The zero-order chi connectivity index (χ0) is 19.7. The number of rotatable bonds is 3. The summed E-state index contributed by atoms with van der Waals surface area (Å²) in [7, 11) is 3.62. The van der Waals surface area contributed by atoms with Gasteiger partial charge in [-0.15, -0.1) is 0 Å². The number of nitro groups is 1. The van der Waals surface area contributed by atoms with Crippen molar-refractivity contribution >= 4 is 23.1 Å². The molecule has 27 heavy (non-hydrogen) atoms. The molecule has 1 atom stereocenters. The number of likely N-dealkylation sites (N-methyl/N-ethyl adjacent to an activating group) is 1. The Labute approximate surface area is 156 Å². The van der Waals surface area contributed by atoms with E-state index in [1.54, 1.807) is 24.3 Å². The number of amides is 1. The van der Waals surface area contributed by atoms with E-state index in [0.717, 1.165) is 0 Å². The Morgan fingerprint density at radius 1 is 1.19 bits per heavy atom. The van der Waals surface area contributed by atoms with Gasteiger partial charge in [0, 0.05) is 35.4 Å². The summed E-state index contributed by atoms with van der Waals surface area (Å²) >= 11 is 0. The van der Waals surface area contributed by atoms with Crippen LogP contribution in [0.1, 0.15) is 27.1 Å². The molecular weight excluding hydrogens is 346 g/mol. The summed E-state index contributed by atoms with van der Waals surface area (Å²) in [4.78, 5) is 39.7. The van der Waals surface area contributed by atoms with Crippen molar-refractivity contribution in [2.45, 2.75) is 12.5 Å². The molecule has 0 aliphatic carbocycles. The van der Waals surface area contributed by atoms with Gasteiger partial charge in [-0.3, -0.25) is 29.5 Å². The highest BCUT2D eigenvalue weighted by atomic mass is 16.6. The topological polar surface area (TPSA) is 83.8 Å². The van der Waals surface area contributed by atoms with Gasteiger partial charge in [-0.25, -0.2) is 0 Å². The van der Waals surface area contributed by atoms with Crippen LogP contribution < -0.4 is 4.90 Å². The zero-order valence-corrected chi connectivity index (χ0v) is 15.1. The number of nitrogens with zero attached hydrogens (tertiary/aromatic N) is 3. The van der Waals surface area contributed by atoms with E-state index in [4.69, 9.17) is 0 Å². The fraction of sp³-hybridized carbons (Fsp3) is 0.200. The maximum absolute atomic E-state index is 13.2. The summed E-state index contributed by atoms with van der Waals surface area (Å²) in [6.45, 7) is 4.03. The minimum Gasteiger partial charge on any atom is -0.299 e. The fourth-order valence-electron chi connectivity index (χ4n) is 3.16. The van der Waals surface area contributed by atoms with E-state index in [0.29, 0.717) is 23.4 Å². The van der Waals surface area contributed by atoms with Gasteiger partial charge in [0.1, 0.15) is 0 Å². The smallest absolute Gasteiger partial charge is 0.269 e. The SMILES string of the molecule is C=C1CC(N(C)C)C(=O)c2ccccc2N1C(=O)c1ccc([N+](=O)[O-])cc1. The minimum atomic E-state index is -0.519. The second kappa shape index (κ2) is 7.13. The number of ketones is 1. The van der Waals surface area contributed by atoms with Crippen molar-refractivity contribution in [2.24, 2.45) is 0 Å². The van der Waals surface area contributed by atoms with Gasteiger partial charge < -0.3 is 0 Å². The summed E-state index contributed by atoms with van der Waals surface area (Å²) < 4.78 is 0. The van der Waals surface area contributed by atoms with Gasteiger partial charge in [-0.2, -0.15) is 0 Å². The molecule has 7 nitrogen and oxygen atoms in total. The maximum Gasteiger partial charge on any atom is 0.269 e. The number of carbonyl (C=O) groups excluding carboxylic acids is 2. The van der Waals surface area contributed by atoms with E-state index < -0.39 is 11.0 Å². The number of Topliss-reactive ketones (excluding diaryl/α,β-unsaturated/α-hetero) is 1. The summed E-state index contributed by atoms with van der Waals surface area (Å²) in [6, 6.07) is 11.9. The van der Waals surface area contributed by atoms with Crippen LogP contribution in [-0.2, 0) is 0 Å². The average Bonchev–Trinajstić information content (AvgIpc) is 2.76. The fourth-order valence-corrected chi connectivity index (χ4v) is 3.16. The molecule has 1 heterocycles. The number of hydrogen-bond acceptors (Lipinski definition) is 5. The molecular formula is C20H19N3O4. The van der Waals surface area contributed by atoms with Crippen molar-refractivity contribution in [1.29, 1.82) is 0 Å². The highest BCUT2D eigenvalue weighted by Crippen LogP contribution is 2.33. The number of benzene rings is 2. The van der Waals surface area contributed by atoms with E-state index >= 15 is 0 Å². The van der Waals surface area contributed by atoms with Crippen LogP contribution in [-0.4, -0.2) is 41.7 Å². The first-order valence-electron chi connectivity index (χ1n) is 8.37. The van der Waals surface area contributed by atoms with Crippen molar-refractivity contribution in [1.82, 2.24) is 4.90 Å². The third-order valence-corrected chi connectivity index (χ3v) is 4.61. The molecule has 1 amide bonds. The highest BCUT2D eigenvalue weighted by Gasteiger charge is 2.34. The third-order valence-electron chi connectivity index (χ3n) is 4.61. The molecule has 3 rings (SSSR count). The first kappa shape index (κ1) is 18.5. The average molecular weight is 365 g/mol. The quantitative estimate of drug-likeness (QED) is 0.616. The number of non-ortho nitro benzene ring substituents is 1. The Morgan fingerprint density at radius 2 is 1.81 bits per heavy atom. The molecule has 0 fully saturated rings. The molecule has 0 spiro atoms. The van der Waals surface area contributed by atoms with Crippen LogP contribution in [0.15, 0.2) is 60.8 Å². The third kappa shape index (κ3) is 3.37. The Hall–Kier alpha value is -3.32. The molecule has 0 saturated heterocycles. The summed E-state index contributed by atoms with van der Waals surface area (Å²) in [5.41, 5.74) is 1.61. The molecule has 0 saturated carbocycles. The lowest BCUT2D eigenvalue weighted by molar-refractivity contribution is -0.384. The lowest BCUT2D eigenvalue weighted by Gasteiger charge is -2.25. The van der Waals surface area contributed by atoms with Crippen LogP contribution in [0.5, 0.6) is 0 Å². The summed E-state index contributed by atoms with van der Waals surface area (Å²) in [5.74, 6) is -0.453. The Balaban J connectivity index is 2.07. The molecule has 7 heteroatoms. The summed E-state index contributed by atoms with van der Waals surface area (Å²) in [6.07, 6.45) is 0.305. The molecule has 0 radical (unpaired) electrons. The van der Waals surface area contributed by atoms with Crippen molar-refractivity contribution in [3.05, 3.63) is 82.0 Å². The van der Waals surface area contributed by atoms with Crippen molar-refractivity contribution in [3.63, 3.8) is 0 Å². The molecule has 1 aliphatic heterocycles. The number of carbonyl (C=O) groups is 2. The van der Waals surface area contributed by atoms with E-state index in [-0.39, 0.29) is 22.9 Å². The standard InChI is InChI=1S/C20H19N3O4/c1-13-12-18(21(2)3)19(24)16-6-4-5-7-17(16)22(13)20(25)14-8-10-15(11-9-14)23(26)27/h4-11,18H,1,12H2,2-3H3. The van der Waals surface area contributed by atoms with Gasteiger partial charge >= 0.3 is 0 Å². The predicted octanol–water partition coefficient (Wildman–Crippen LogP) is 3.27. The van der Waals surface area contributed by atoms with E-state index in [2.05, 4.69) is 6.58 Å². The van der Waals surface area contributed by atoms with Crippen LogP contribution in [0.2, 0.25) is 0 Å². The van der Waals surface area contributed by atoms with Crippen LogP contribution in [0.4, 0.5) is 11.4 Å². The molecule has 1 aliphatic rings. The Morgan fingerprint density at radius 3 is 2.41 bits per heavy atom. The number of fused-ring (bicyclic) bond motifs is 1. The van der Waals surface area contributed by atoms with Gasteiger partial charge in [0.2, 0.25) is 0 Å². The lowest BCUT2D eigenvalue weighted by atomic mass is 10.0. The molecule has 2 aromatic rings. The number of nitro benzene ring substituents is 1. The highest BCUT2D eigenvalue weighted by molar-refractivity contribution is 6.14. The monoisotopic (exact) mass is 365 g/mol. The van der Waals surface area contributed by atoms with E-state index in [9.17, 15) is 19.7 Å². The largest absolute Gasteiger partial charge is 0.299 e. The summed E-state index contributed by atoms with van der Waals surface area (Å²) in [5, 5.41) is 10.8. The van der Waals surface area contributed by atoms with Gasteiger partial charge in [-0.1, -0.05) is 18.7 Å². The molecule has 0 aromatic heterocycles. The van der Waals surface area contributed by atoms with Gasteiger partial charge in [0.25, 0.3) is 11.6 Å². The molecule has 138 valence electrons. The Bertz CT molecular complexity index is 934. The lowest BCUT2D eigenvalue weighted by Crippen LogP contribution is -2.36. The first-order valence-corrected chi connectivity index (χ1v) is 8.37. The van der Waals surface area contributed by atoms with Gasteiger partial charge in [0.15, 0.2) is 5.78 Å². The first-order chi connectivity index (χ1) is 12.8. The van der Waals surface area contributed by atoms with Gasteiger partial charge in [0.05, 0.1) is 16.7 Å². The molecule has 0 bridgehead atoms. The second-order valence-corrected chi connectivity index (χ2v) is 6.58. The molecule has 0 N–H and O–H groups in total. The van der Waals surface area contributed by atoms with E-state index in [1.165, 1.54) is 29.2 Å². The van der Waals surface area contributed by atoms with Crippen molar-refractivity contribution < 1.29 is 14.5 Å². The van der Waals surface area contributed by atoms with Crippen LogP contribution >= 0.6 is 0 Å². The molecule has 1 unspecified atom stereocenters. The van der Waals surface area contributed by atoms with E-state index in [1.807, 2.05) is 19.0 Å². The molecule has 2 aromatic carbocycles. The van der Waals surface area contributed by atoms with Crippen molar-refractivity contribution in [3.8, 4) is 0 Å². The minimum absolute atomic E-state index is 0.0734. The van der Waals surface area contributed by atoms with Crippen molar-refractivity contribution in [2.75, 3.05) is 19.0 Å². The van der Waals surface area contributed by atoms with Gasteiger partial charge in [-0.05, 0) is 38.4 Å². The second-order valence-electron chi connectivity index (χ2n) is 6.58. The van der Waals surface area contributed by atoms with Crippen LogP contribution in [0, 0.1) is 10.1 Å². The zero-order valence-electron chi connectivity index (χ0n) is 15.1. The number of hydrogen-bond donors (Lipinski definition) is 0. The normalized spacial score (nSPS) is 16.9. The van der Waals surface area contributed by atoms with Crippen LogP contribution in [0.3, 0.4) is 0 Å². The Kier molecular flexibility index (Phi) is 4.87.